The Hall–Kier alpha value is -3.74. The molecule has 2 amide bonds. The minimum absolute atomic E-state index is 0.0113. The van der Waals surface area contributed by atoms with Gasteiger partial charge in [0.1, 0.15) is 17.2 Å². The fraction of sp³-hybridized carbons (Fsp3) is 0.0526. The normalized spacial score (nSPS) is 11.0. The lowest BCUT2D eigenvalue weighted by molar-refractivity contribution is -0.113. The summed E-state index contributed by atoms with van der Waals surface area (Å²) < 4.78 is 15.3. The Bertz CT molecular complexity index is 894. The minimum Gasteiger partial charge on any atom is -0.497 e. The van der Waals surface area contributed by atoms with Gasteiger partial charge >= 0.3 is 0 Å². The van der Waals surface area contributed by atoms with Crippen molar-refractivity contribution in [1.82, 2.24) is 5.32 Å². The Morgan fingerprint density at radius 3 is 2.35 bits per heavy atom. The summed E-state index contributed by atoms with van der Waals surface area (Å²) in [6, 6.07) is 13.2. The zero-order chi connectivity index (χ0) is 18.4. The highest BCUT2D eigenvalue weighted by Crippen LogP contribution is 2.16. The molecule has 132 valence electrons. The van der Waals surface area contributed by atoms with Crippen LogP contribution in [0.5, 0.6) is 5.75 Å². The van der Waals surface area contributed by atoms with Crippen molar-refractivity contribution in [1.29, 1.82) is 0 Å². The summed E-state index contributed by atoms with van der Waals surface area (Å²) in [5.74, 6) is 0.127. The summed E-state index contributed by atoms with van der Waals surface area (Å²) >= 11 is 0. The van der Waals surface area contributed by atoms with E-state index in [4.69, 9.17) is 13.6 Å². The lowest BCUT2D eigenvalue weighted by Crippen LogP contribution is -2.30. The Balaban J connectivity index is 1.79. The summed E-state index contributed by atoms with van der Waals surface area (Å²) in [7, 11) is 1.56. The fourth-order valence-electron chi connectivity index (χ4n) is 2.14. The van der Waals surface area contributed by atoms with Gasteiger partial charge in [0, 0.05) is 11.8 Å². The van der Waals surface area contributed by atoms with Gasteiger partial charge in [-0.05, 0) is 48.5 Å². The van der Waals surface area contributed by atoms with Crippen LogP contribution in [0.15, 0.2) is 75.6 Å². The van der Waals surface area contributed by atoms with E-state index in [1.165, 1.54) is 24.7 Å². The average molecular weight is 352 g/mol. The van der Waals surface area contributed by atoms with Gasteiger partial charge in [0.2, 0.25) is 0 Å². The van der Waals surface area contributed by atoms with E-state index >= 15 is 0 Å². The van der Waals surface area contributed by atoms with Gasteiger partial charge in [-0.2, -0.15) is 0 Å². The number of methoxy groups -OCH3 is 1. The third-order valence-electron chi connectivity index (χ3n) is 3.42. The molecule has 0 bridgehead atoms. The van der Waals surface area contributed by atoms with E-state index in [9.17, 15) is 9.59 Å². The molecule has 0 aliphatic heterocycles. The lowest BCUT2D eigenvalue weighted by atomic mass is 10.2. The van der Waals surface area contributed by atoms with Gasteiger partial charge in [-0.1, -0.05) is 0 Å². The van der Waals surface area contributed by atoms with Crippen molar-refractivity contribution in [2.75, 3.05) is 12.4 Å². The zero-order valence-electron chi connectivity index (χ0n) is 13.9. The van der Waals surface area contributed by atoms with E-state index in [2.05, 4.69) is 10.6 Å². The molecule has 1 aromatic carbocycles. The van der Waals surface area contributed by atoms with Crippen molar-refractivity contribution in [3.05, 3.63) is 78.3 Å². The number of hydrogen-bond donors (Lipinski definition) is 2. The molecular weight excluding hydrogens is 336 g/mol. The standard InChI is InChI=1S/C19H16N2O5/c1-24-14-8-6-13(7-9-14)20-18(22)16(12-15-4-2-10-25-15)21-19(23)17-5-3-11-26-17/h2-12H,1H3,(H,20,22)(H,21,23)/b16-12+. The largest absolute Gasteiger partial charge is 0.497 e. The first-order chi connectivity index (χ1) is 12.7. The van der Waals surface area contributed by atoms with E-state index in [1.54, 1.807) is 49.6 Å². The van der Waals surface area contributed by atoms with Gasteiger partial charge in [-0.15, -0.1) is 0 Å². The van der Waals surface area contributed by atoms with Crippen LogP contribution in [0.4, 0.5) is 5.69 Å². The number of amides is 2. The molecule has 0 atom stereocenters. The van der Waals surface area contributed by atoms with Crippen LogP contribution >= 0.6 is 0 Å². The maximum Gasteiger partial charge on any atom is 0.291 e. The maximum atomic E-state index is 12.6. The molecule has 0 aliphatic carbocycles. The molecule has 0 saturated heterocycles. The second-order valence-electron chi connectivity index (χ2n) is 5.19. The number of benzene rings is 1. The minimum atomic E-state index is -0.544. The molecule has 0 aliphatic rings. The van der Waals surface area contributed by atoms with Crippen LogP contribution in [0.1, 0.15) is 16.3 Å². The molecule has 0 unspecified atom stereocenters. The molecule has 3 rings (SSSR count). The first-order valence-corrected chi connectivity index (χ1v) is 7.71. The number of furan rings is 2. The summed E-state index contributed by atoms with van der Waals surface area (Å²) in [4.78, 5) is 24.8. The molecule has 7 heteroatoms. The molecule has 2 heterocycles. The summed E-state index contributed by atoms with van der Waals surface area (Å²) in [5, 5.41) is 5.24. The van der Waals surface area contributed by atoms with Crippen LogP contribution in [0, 0.1) is 0 Å². The van der Waals surface area contributed by atoms with Crippen molar-refractivity contribution < 1.29 is 23.2 Å². The van der Waals surface area contributed by atoms with E-state index in [-0.39, 0.29) is 11.5 Å². The number of carbonyl (C=O) groups is 2. The number of ether oxygens (including phenoxy) is 1. The summed E-state index contributed by atoms with van der Waals surface area (Å²) in [6.45, 7) is 0. The molecule has 26 heavy (non-hydrogen) atoms. The second kappa shape index (κ2) is 7.89. The average Bonchev–Trinajstić information content (AvgIpc) is 3.35. The van der Waals surface area contributed by atoms with Crippen LogP contribution in [-0.2, 0) is 4.79 Å². The molecule has 0 fully saturated rings. The van der Waals surface area contributed by atoms with Crippen molar-refractivity contribution in [3.63, 3.8) is 0 Å². The monoisotopic (exact) mass is 352 g/mol. The van der Waals surface area contributed by atoms with Crippen LogP contribution in [0.25, 0.3) is 6.08 Å². The Morgan fingerprint density at radius 2 is 1.73 bits per heavy atom. The maximum absolute atomic E-state index is 12.6. The topological polar surface area (TPSA) is 93.7 Å². The van der Waals surface area contributed by atoms with Crippen molar-refractivity contribution in [2.24, 2.45) is 0 Å². The van der Waals surface area contributed by atoms with Crippen molar-refractivity contribution in [2.45, 2.75) is 0 Å². The van der Waals surface area contributed by atoms with Crippen LogP contribution in [-0.4, -0.2) is 18.9 Å². The Kier molecular flexibility index (Phi) is 5.19. The SMILES string of the molecule is COc1ccc(NC(=O)/C(=C\c2ccco2)NC(=O)c2ccco2)cc1. The Morgan fingerprint density at radius 1 is 1.00 bits per heavy atom. The smallest absolute Gasteiger partial charge is 0.291 e. The van der Waals surface area contributed by atoms with Gasteiger partial charge in [0.05, 0.1) is 19.6 Å². The first kappa shape index (κ1) is 17.1. The predicted octanol–water partition coefficient (Wildman–Crippen LogP) is 3.29. The van der Waals surface area contributed by atoms with Gasteiger partial charge in [-0.25, -0.2) is 0 Å². The highest BCUT2D eigenvalue weighted by molar-refractivity contribution is 6.10. The number of nitrogens with one attached hydrogen (secondary N) is 2. The highest BCUT2D eigenvalue weighted by Gasteiger charge is 2.17. The quantitative estimate of drug-likeness (QED) is 0.664. The molecule has 0 radical (unpaired) electrons. The molecule has 3 aromatic rings. The summed E-state index contributed by atoms with van der Waals surface area (Å²) in [6.07, 6.45) is 4.28. The van der Waals surface area contributed by atoms with Gasteiger partial charge in [-0.3, -0.25) is 9.59 Å². The number of rotatable bonds is 6. The first-order valence-electron chi connectivity index (χ1n) is 7.71. The highest BCUT2D eigenvalue weighted by atomic mass is 16.5. The molecule has 2 N–H and O–H groups in total. The summed E-state index contributed by atoms with van der Waals surface area (Å²) in [5.41, 5.74) is 0.561. The fourth-order valence-corrected chi connectivity index (χ4v) is 2.14. The van der Waals surface area contributed by atoms with Gasteiger partial charge in [0.15, 0.2) is 5.76 Å². The van der Waals surface area contributed by atoms with Crippen molar-refractivity contribution in [3.8, 4) is 5.75 Å². The third-order valence-corrected chi connectivity index (χ3v) is 3.42. The van der Waals surface area contributed by atoms with Crippen LogP contribution in [0.3, 0.4) is 0 Å². The third kappa shape index (κ3) is 4.21. The number of carbonyl (C=O) groups excluding carboxylic acids is 2. The predicted molar refractivity (Wildman–Crippen MR) is 94.5 cm³/mol. The number of hydrogen-bond acceptors (Lipinski definition) is 5. The van der Waals surface area contributed by atoms with E-state index < -0.39 is 11.8 Å². The van der Waals surface area contributed by atoms with E-state index in [0.29, 0.717) is 17.2 Å². The van der Waals surface area contributed by atoms with Gasteiger partial charge in [0.25, 0.3) is 11.8 Å². The zero-order valence-corrected chi connectivity index (χ0v) is 13.9. The van der Waals surface area contributed by atoms with Gasteiger partial charge < -0.3 is 24.2 Å². The molecular formula is C19H16N2O5. The lowest BCUT2D eigenvalue weighted by Gasteiger charge is -2.10. The number of anilines is 1. The van der Waals surface area contributed by atoms with E-state index in [0.717, 1.165) is 0 Å². The van der Waals surface area contributed by atoms with Crippen LogP contribution < -0.4 is 15.4 Å². The molecule has 0 spiro atoms. The molecule has 7 nitrogen and oxygen atoms in total. The Labute approximate surface area is 149 Å². The molecule has 2 aromatic heterocycles. The van der Waals surface area contributed by atoms with Crippen molar-refractivity contribution >= 4 is 23.6 Å². The van der Waals surface area contributed by atoms with Crippen LogP contribution in [0.2, 0.25) is 0 Å². The van der Waals surface area contributed by atoms with E-state index in [1.807, 2.05) is 0 Å². The second-order valence-corrected chi connectivity index (χ2v) is 5.19. The molecule has 0 saturated carbocycles.